The Morgan fingerprint density at radius 1 is 0.970 bits per heavy atom. The molecule has 0 spiro atoms. The Labute approximate surface area is 196 Å². The lowest BCUT2D eigenvalue weighted by molar-refractivity contribution is -0.128. The number of carbonyl (C=O) groups excluding carboxylic acids is 1. The van der Waals surface area contributed by atoms with E-state index in [4.69, 9.17) is 25.1 Å². The van der Waals surface area contributed by atoms with E-state index in [1.165, 1.54) is 6.08 Å². The minimum Gasteiger partial charge on any atom is -0.494 e. The van der Waals surface area contributed by atoms with E-state index in [9.17, 15) is 4.79 Å². The maximum Gasteiger partial charge on any atom is 0.336 e. The lowest BCUT2D eigenvalue weighted by Gasteiger charge is -2.19. The van der Waals surface area contributed by atoms with Crippen molar-refractivity contribution in [2.24, 2.45) is 0 Å². The molecule has 2 aromatic carbocycles. The average molecular weight is 459 g/mol. The second-order valence-corrected chi connectivity index (χ2v) is 11.9. The van der Waals surface area contributed by atoms with Gasteiger partial charge in [0, 0.05) is 25.0 Å². The highest BCUT2D eigenvalue weighted by Crippen LogP contribution is 2.18. The number of benzene rings is 2. The van der Waals surface area contributed by atoms with Crippen LogP contribution in [0.15, 0.2) is 54.6 Å². The molecule has 0 radical (unpaired) electrons. The van der Waals surface area contributed by atoms with Crippen LogP contribution in [-0.4, -0.2) is 28.0 Å². The van der Waals surface area contributed by atoms with Gasteiger partial charge in [-0.1, -0.05) is 12.1 Å². The summed E-state index contributed by atoms with van der Waals surface area (Å²) in [6.07, 6.45) is 11.4. The van der Waals surface area contributed by atoms with Crippen LogP contribution in [0.4, 0.5) is 0 Å². The average Bonchev–Trinajstić information content (AvgIpc) is 2.82. The van der Waals surface area contributed by atoms with E-state index in [1.54, 1.807) is 37.5 Å². The van der Waals surface area contributed by atoms with Crippen molar-refractivity contribution in [1.29, 1.82) is 0 Å². The van der Waals surface area contributed by atoms with E-state index in [-0.39, 0.29) is 0 Å². The van der Waals surface area contributed by atoms with Gasteiger partial charge in [0.25, 0.3) is 0 Å². The van der Waals surface area contributed by atoms with Crippen LogP contribution in [0.25, 0.3) is 6.08 Å². The van der Waals surface area contributed by atoms with Gasteiger partial charge in [-0.15, -0.1) is 6.42 Å². The largest absolute Gasteiger partial charge is 0.494 e. The van der Waals surface area contributed by atoms with Crippen molar-refractivity contribution in [1.82, 2.24) is 0 Å². The highest BCUT2D eigenvalue weighted by Gasteiger charge is 2.19. The molecule has 168 valence electrons. The third kappa shape index (κ3) is 10.3. The minimum absolute atomic E-state index is 0.389. The number of carbonyl (C=O) groups is 1. The Balaban J connectivity index is 1.78. The Kier molecular flexibility index (Phi) is 10.4. The van der Waals surface area contributed by atoms with Gasteiger partial charge < -0.3 is 18.6 Å². The number of rotatable bonds is 10. The summed E-state index contributed by atoms with van der Waals surface area (Å²) in [5, 5.41) is 0. The SMILES string of the molecule is C#CC#CC#COc1ccc(OC(=O)/C=C/c2ccc(OCCC[Si](C)(C)OC)cc2)cc1. The van der Waals surface area contributed by atoms with Crippen molar-refractivity contribution < 1.29 is 23.4 Å². The van der Waals surface area contributed by atoms with E-state index in [2.05, 4.69) is 42.9 Å². The zero-order valence-electron chi connectivity index (χ0n) is 19.0. The molecule has 2 rings (SSSR count). The first kappa shape index (κ1) is 25.4. The molecular weight excluding hydrogens is 432 g/mol. The van der Waals surface area contributed by atoms with Crippen molar-refractivity contribution >= 4 is 20.4 Å². The number of hydrogen-bond donors (Lipinski definition) is 0. The molecule has 0 aromatic heterocycles. The lowest BCUT2D eigenvalue weighted by Crippen LogP contribution is -2.28. The molecule has 0 aliphatic carbocycles. The number of ether oxygens (including phenoxy) is 3. The standard InChI is InChI=1S/C27H26O5Si/c1-5-6-7-8-20-30-25-15-17-26(18-16-25)32-27(28)19-12-23-10-13-24(14-11-23)31-21-9-22-33(3,4)29-2/h1,10-19H,9,21-22H2,2-4H3/b19-12+. The molecule has 0 aliphatic heterocycles. The fourth-order valence-corrected chi connectivity index (χ4v) is 3.73. The fourth-order valence-electron chi connectivity index (χ4n) is 2.53. The normalized spacial score (nSPS) is 10.2. The molecule has 0 N–H and O–H groups in total. The van der Waals surface area contributed by atoms with Gasteiger partial charge in [-0.2, -0.15) is 0 Å². The molecule has 0 saturated carbocycles. The molecule has 0 atom stereocenters. The van der Waals surface area contributed by atoms with Crippen molar-refractivity contribution in [3.8, 4) is 53.5 Å². The third-order valence-corrected chi connectivity index (χ3v) is 7.16. The summed E-state index contributed by atoms with van der Waals surface area (Å²) in [4.78, 5) is 12.1. The summed E-state index contributed by atoms with van der Waals surface area (Å²) >= 11 is 0. The Bertz CT molecular complexity index is 1100. The number of hydrogen-bond acceptors (Lipinski definition) is 5. The van der Waals surface area contributed by atoms with Crippen molar-refractivity contribution in [3.63, 3.8) is 0 Å². The molecule has 0 heterocycles. The molecule has 2 aromatic rings. The molecule has 0 saturated heterocycles. The summed E-state index contributed by atoms with van der Waals surface area (Å²) in [5.41, 5.74) is 0.863. The van der Waals surface area contributed by atoms with Gasteiger partial charge in [-0.3, -0.25) is 0 Å². The predicted octanol–water partition coefficient (Wildman–Crippen LogP) is 4.90. The first-order valence-corrected chi connectivity index (χ1v) is 13.4. The highest BCUT2D eigenvalue weighted by atomic mass is 28.4. The van der Waals surface area contributed by atoms with Crippen LogP contribution in [0, 0.1) is 36.2 Å². The molecule has 6 heteroatoms. The maximum absolute atomic E-state index is 12.1. The van der Waals surface area contributed by atoms with Crippen LogP contribution in [0.2, 0.25) is 19.1 Å². The quantitative estimate of drug-likeness (QED) is 0.127. The molecule has 0 bridgehead atoms. The van der Waals surface area contributed by atoms with Gasteiger partial charge in [0.15, 0.2) is 8.32 Å². The Morgan fingerprint density at radius 3 is 2.30 bits per heavy atom. The minimum atomic E-state index is -1.54. The second kappa shape index (κ2) is 13.5. The molecular formula is C27H26O5Si. The zero-order valence-corrected chi connectivity index (χ0v) is 20.0. The van der Waals surface area contributed by atoms with Gasteiger partial charge in [0.1, 0.15) is 23.4 Å². The van der Waals surface area contributed by atoms with E-state index in [1.807, 2.05) is 24.3 Å². The van der Waals surface area contributed by atoms with Crippen LogP contribution >= 0.6 is 0 Å². The maximum atomic E-state index is 12.1. The van der Waals surface area contributed by atoms with E-state index < -0.39 is 14.3 Å². The summed E-state index contributed by atoms with van der Waals surface area (Å²) < 4.78 is 21.8. The van der Waals surface area contributed by atoms with Crippen LogP contribution in [0.1, 0.15) is 12.0 Å². The van der Waals surface area contributed by atoms with Gasteiger partial charge in [0.2, 0.25) is 0 Å². The first-order valence-electron chi connectivity index (χ1n) is 10.3. The van der Waals surface area contributed by atoms with E-state index in [0.29, 0.717) is 18.1 Å². The van der Waals surface area contributed by atoms with Gasteiger partial charge in [0.05, 0.1) is 6.61 Å². The lowest BCUT2D eigenvalue weighted by atomic mass is 10.2. The summed E-state index contributed by atoms with van der Waals surface area (Å²) in [6, 6.07) is 15.1. The Morgan fingerprint density at radius 2 is 1.64 bits per heavy atom. The molecule has 0 fully saturated rings. The van der Waals surface area contributed by atoms with Crippen molar-refractivity contribution in [3.05, 3.63) is 60.2 Å². The first-order chi connectivity index (χ1) is 15.9. The van der Waals surface area contributed by atoms with Crippen LogP contribution < -0.4 is 14.2 Å². The van der Waals surface area contributed by atoms with E-state index >= 15 is 0 Å². The third-order valence-electron chi connectivity index (χ3n) is 4.50. The monoisotopic (exact) mass is 458 g/mol. The summed E-state index contributed by atoms with van der Waals surface area (Å²) in [6.45, 7) is 5.04. The summed E-state index contributed by atoms with van der Waals surface area (Å²) in [7, 11) is 0.235. The van der Waals surface area contributed by atoms with Crippen LogP contribution in [0.3, 0.4) is 0 Å². The number of esters is 1. The fraction of sp³-hybridized carbons (Fsp3) is 0.222. The van der Waals surface area contributed by atoms with Crippen LogP contribution in [0.5, 0.6) is 17.2 Å². The topological polar surface area (TPSA) is 54.0 Å². The summed E-state index contributed by atoms with van der Waals surface area (Å²) in [5.74, 6) is 10.6. The molecule has 0 aliphatic rings. The Hall–Kier alpha value is -3.89. The molecule has 0 unspecified atom stereocenters. The van der Waals surface area contributed by atoms with E-state index in [0.717, 1.165) is 23.8 Å². The molecule has 33 heavy (non-hydrogen) atoms. The number of terminal acetylenes is 1. The van der Waals surface area contributed by atoms with Gasteiger partial charge >= 0.3 is 5.97 Å². The van der Waals surface area contributed by atoms with Gasteiger partial charge in [-0.05, 0) is 85.4 Å². The van der Waals surface area contributed by atoms with Crippen molar-refractivity contribution in [2.75, 3.05) is 13.7 Å². The smallest absolute Gasteiger partial charge is 0.336 e. The highest BCUT2D eigenvalue weighted by molar-refractivity contribution is 6.71. The predicted molar refractivity (Wildman–Crippen MR) is 132 cm³/mol. The molecule has 5 nitrogen and oxygen atoms in total. The zero-order chi connectivity index (χ0) is 23.9. The van der Waals surface area contributed by atoms with Gasteiger partial charge in [-0.25, -0.2) is 4.79 Å². The van der Waals surface area contributed by atoms with Crippen molar-refractivity contribution in [2.45, 2.75) is 25.6 Å². The second-order valence-electron chi connectivity index (χ2n) is 7.43. The van der Waals surface area contributed by atoms with Crippen LogP contribution in [-0.2, 0) is 9.22 Å². The molecule has 0 amide bonds.